The highest BCUT2D eigenvalue weighted by Crippen LogP contribution is 2.24. The molecule has 0 saturated carbocycles. The molecule has 0 radical (unpaired) electrons. The molecule has 1 unspecified atom stereocenters. The van der Waals surface area contributed by atoms with Crippen molar-refractivity contribution in [2.75, 3.05) is 38.6 Å². The first-order chi connectivity index (χ1) is 12.3. The van der Waals surface area contributed by atoms with Crippen LogP contribution in [-0.4, -0.2) is 44.2 Å². The Morgan fingerprint density at radius 3 is 2.80 bits per heavy atom. The van der Waals surface area contributed by atoms with Gasteiger partial charge in [0.25, 0.3) is 0 Å². The number of rotatable bonds is 7. The van der Waals surface area contributed by atoms with Gasteiger partial charge in [-0.05, 0) is 31.0 Å². The van der Waals surface area contributed by atoms with Gasteiger partial charge in [0.15, 0.2) is 0 Å². The van der Waals surface area contributed by atoms with E-state index in [-0.39, 0.29) is 0 Å². The fraction of sp³-hybridized carbons (Fsp3) is 0.429. The first-order valence-electron chi connectivity index (χ1n) is 9.13. The number of benzene rings is 2. The zero-order valence-corrected chi connectivity index (χ0v) is 15.3. The van der Waals surface area contributed by atoms with E-state index >= 15 is 0 Å². The molecule has 1 atom stereocenters. The predicted octanol–water partition coefficient (Wildman–Crippen LogP) is 3.28. The molecule has 25 heavy (non-hydrogen) atoms. The summed E-state index contributed by atoms with van der Waals surface area (Å²) in [7, 11) is 1.72. The Balaban J connectivity index is 1.47. The van der Waals surface area contributed by atoms with E-state index in [9.17, 15) is 0 Å². The molecule has 4 nitrogen and oxygen atoms in total. The molecule has 134 valence electrons. The lowest BCUT2D eigenvalue weighted by molar-refractivity contribution is 0.189. The average molecular weight is 339 g/mol. The lowest BCUT2D eigenvalue weighted by Crippen LogP contribution is -2.50. The summed E-state index contributed by atoms with van der Waals surface area (Å²) in [5.74, 6) is 0.940. The normalized spacial score (nSPS) is 18.1. The summed E-state index contributed by atoms with van der Waals surface area (Å²) in [6.07, 6.45) is 1.11. The predicted molar refractivity (Wildman–Crippen MR) is 104 cm³/mol. The maximum atomic E-state index is 5.39. The summed E-state index contributed by atoms with van der Waals surface area (Å²) in [5, 5.41) is 7.21. The molecule has 1 aliphatic rings. The van der Waals surface area contributed by atoms with Crippen LogP contribution in [-0.2, 0) is 6.54 Å². The van der Waals surface area contributed by atoms with Crippen molar-refractivity contribution in [1.82, 2.24) is 10.2 Å². The van der Waals surface area contributed by atoms with Crippen molar-refractivity contribution >= 4 is 5.69 Å². The molecule has 0 bridgehead atoms. The summed E-state index contributed by atoms with van der Waals surface area (Å²) in [6, 6.07) is 17.4. The number of piperazine rings is 1. The Kier molecular flexibility index (Phi) is 6.31. The zero-order valence-electron chi connectivity index (χ0n) is 15.3. The molecule has 2 N–H and O–H groups in total. The molecular formula is C21H29N3O. The van der Waals surface area contributed by atoms with Crippen molar-refractivity contribution in [1.29, 1.82) is 0 Å². The van der Waals surface area contributed by atoms with Gasteiger partial charge < -0.3 is 15.4 Å². The van der Waals surface area contributed by atoms with Crippen LogP contribution in [0.3, 0.4) is 0 Å². The third-order valence-corrected chi connectivity index (χ3v) is 4.90. The molecule has 2 aromatic rings. The summed E-state index contributed by atoms with van der Waals surface area (Å²) < 4.78 is 5.39. The van der Waals surface area contributed by atoms with Crippen molar-refractivity contribution in [3.05, 3.63) is 59.7 Å². The first-order valence-corrected chi connectivity index (χ1v) is 9.13. The quantitative estimate of drug-likeness (QED) is 0.812. The minimum atomic E-state index is 0.538. The van der Waals surface area contributed by atoms with Crippen molar-refractivity contribution in [3.8, 4) is 5.75 Å². The largest absolute Gasteiger partial charge is 0.496 e. The monoisotopic (exact) mass is 339 g/mol. The third-order valence-electron chi connectivity index (χ3n) is 4.90. The maximum absolute atomic E-state index is 5.39. The minimum absolute atomic E-state index is 0.538. The maximum Gasteiger partial charge on any atom is 0.123 e. The number of hydrogen-bond acceptors (Lipinski definition) is 4. The molecule has 1 aliphatic heterocycles. The smallest absolute Gasteiger partial charge is 0.123 e. The van der Waals surface area contributed by atoms with E-state index in [1.807, 2.05) is 12.1 Å². The van der Waals surface area contributed by atoms with E-state index in [0.717, 1.165) is 50.6 Å². The van der Waals surface area contributed by atoms with Crippen molar-refractivity contribution < 1.29 is 4.74 Å². The molecule has 1 saturated heterocycles. The number of nitrogens with zero attached hydrogens (tertiary/aromatic N) is 1. The van der Waals surface area contributed by atoms with Crippen LogP contribution in [0.1, 0.15) is 17.5 Å². The molecule has 0 aromatic heterocycles. The number of nitrogens with one attached hydrogen (secondary N) is 2. The molecule has 0 aliphatic carbocycles. The van der Waals surface area contributed by atoms with Gasteiger partial charge in [0.05, 0.1) is 7.11 Å². The third kappa shape index (κ3) is 4.97. The summed E-state index contributed by atoms with van der Waals surface area (Å²) in [4.78, 5) is 2.55. The van der Waals surface area contributed by atoms with Gasteiger partial charge in [0.1, 0.15) is 5.75 Å². The highest BCUT2D eigenvalue weighted by atomic mass is 16.5. The van der Waals surface area contributed by atoms with Gasteiger partial charge in [0.2, 0.25) is 0 Å². The molecule has 0 amide bonds. The summed E-state index contributed by atoms with van der Waals surface area (Å²) >= 11 is 0. The zero-order chi connectivity index (χ0) is 17.5. The van der Waals surface area contributed by atoms with Crippen LogP contribution < -0.4 is 15.4 Å². The van der Waals surface area contributed by atoms with Gasteiger partial charge in [0, 0.05) is 50.0 Å². The van der Waals surface area contributed by atoms with Crippen LogP contribution in [0.15, 0.2) is 48.5 Å². The molecule has 0 spiro atoms. The topological polar surface area (TPSA) is 36.5 Å². The molecule has 1 heterocycles. The second kappa shape index (κ2) is 8.88. The van der Waals surface area contributed by atoms with Crippen LogP contribution in [0.25, 0.3) is 0 Å². The average Bonchev–Trinajstić information content (AvgIpc) is 2.64. The number of ether oxygens (including phenoxy) is 1. The van der Waals surface area contributed by atoms with Crippen LogP contribution in [0, 0.1) is 6.92 Å². The van der Waals surface area contributed by atoms with Gasteiger partial charge in [-0.1, -0.05) is 36.4 Å². The Morgan fingerprint density at radius 1 is 1.16 bits per heavy atom. The van der Waals surface area contributed by atoms with E-state index in [1.165, 1.54) is 11.1 Å². The van der Waals surface area contributed by atoms with Gasteiger partial charge in [-0.25, -0.2) is 0 Å². The van der Waals surface area contributed by atoms with Crippen LogP contribution in [0.4, 0.5) is 5.69 Å². The highest BCUT2D eigenvalue weighted by molar-refractivity contribution is 5.56. The molecule has 4 heteroatoms. The molecule has 3 rings (SSSR count). The van der Waals surface area contributed by atoms with E-state index in [0.29, 0.717) is 6.04 Å². The van der Waals surface area contributed by atoms with Gasteiger partial charge in [-0.3, -0.25) is 4.90 Å². The minimum Gasteiger partial charge on any atom is -0.496 e. The second-order valence-corrected chi connectivity index (χ2v) is 6.72. The Hall–Kier alpha value is -2.04. The van der Waals surface area contributed by atoms with Crippen LogP contribution >= 0.6 is 0 Å². The highest BCUT2D eigenvalue weighted by Gasteiger charge is 2.19. The van der Waals surface area contributed by atoms with Crippen LogP contribution in [0.5, 0.6) is 5.75 Å². The van der Waals surface area contributed by atoms with Gasteiger partial charge in [-0.15, -0.1) is 0 Å². The fourth-order valence-corrected chi connectivity index (χ4v) is 3.48. The van der Waals surface area contributed by atoms with Gasteiger partial charge >= 0.3 is 0 Å². The van der Waals surface area contributed by atoms with E-state index in [1.54, 1.807) is 7.11 Å². The summed E-state index contributed by atoms with van der Waals surface area (Å²) in [6.45, 7) is 7.39. The van der Waals surface area contributed by atoms with E-state index < -0.39 is 0 Å². The SMILES string of the molecule is COc1cccc(NCCC2CN(Cc3ccccc3)CCN2)c1C. The summed E-state index contributed by atoms with van der Waals surface area (Å²) in [5.41, 5.74) is 3.73. The van der Waals surface area contributed by atoms with Crippen LogP contribution in [0.2, 0.25) is 0 Å². The van der Waals surface area contributed by atoms with Crippen molar-refractivity contribution in [2.45, 2.75) is 25.9 Å². The lowest BCUT2D eigenvalue weighted by Gasteiger charge is -2.34. The van der Waals surface area contributed by atoms with Crippen molar-refractivity contribution in [3.63, 3.8) is 0 Å². The van der Waals surface area contributed by atoms with E-state index in [2.05, 4.69) is 58.9 Å². The van der Waals surface area contributed by atoms with Crippen molar-refractivity contribution in [2.24, 2.45) is 0 Å². The Bertz CT molecular complexity index is 659. The molecular weight excluding hydrogens is 310 g/mol. The Labute approximate surface area is 151 Å². The second-order valence-electron chi connectivity index (χ2n) is 6.72. The lowest BCUT2D eigenvalue weighted by atomic mass is 10.1. The number of anilines is 1. The number of methoxy groups -OCH3 is 1. The standard InChI is InChI=1S/C21H29N3O/c1-17-20(9-6-10-21(17)25-2)23-12-11-19-16-24(14-13-22-19)15-18-7-4-3-5-8-18/h3-10,19,22-23H,11-16H2,1-2H3. The fourth-order valence-electron chi connectivity index (χ4n) is 3.48. The molecule has 1 fully saturated rings. The molecule has 2 aromatic carbocycles. The first kappa shape index (κ1) is 17.8. The number of hydrogen-bond donors (Lipinski definition) is 2. The van der Waals surface area contributed by atoms with Gasteiger partial charge in [-0.2, -0.15) is 0 Å². The van der Waals surface area contributed by atoms with E-state index in [4.69, 9.17) is 4.74 Å². The Morgan fingerprint density at radius 2 is 2.00 bits per heavy atom.